The largest absolute Gasteiger partial charge is 0.389 e. The minimum atomic E-state index is -4.12. The second-order valence-electron chi connectivity index (χ2n) is 4.32. The van der Waals surface area contributed by atoms with Crippen LogP contribution in [0.5, 0.6) is 0 Å². The fourth-order valence-electron chi connectivity index (χ4n) is 1.61. The predicted octanol–water partition coefficient (Wildman–Crippen LogP) is 2.94. The van der Waals surface area contributed by atoms with Crippen molar-refractivity contribution in [1.82, 2.24) is 9.97 Å². The van der Waals surface area contributed by atoms with E-state index in [0.29, 0.717) is 11.6 Å². The van der Waals surface area contributed by atoms with Crippen LogP contribution in [0.15, 0.2) is 6.33 Å². The number of nitrogens with two attached hydrogens (primary N) is 1. The number of nitrogen functional groups attached to an aromatic ring is 1. The number of nitrogens with one attached hydrogen (secondary N) is 1. The summed E-state index contributed by atoms with van der Waals surface area (Å²) in [5, 5.41) is 2.88. The fourth-order valence-corrected chi connectivity index (χ4v) is 1.61. The lowest BCUT2D eigenvalue weighted by atomic mass is 10.0. The first kappa shape index (κ1) is 14.5. The highest BCUT2D eigenvalue weighted by atomic mass is 19.4. The van der Waals surface area contributed by atoms with Gasteiger partial charge >= 0.3 is 6.18 Å². The van der Waals surface area contributed by atoms with E-state index in [1.165, 1.54) is 6.33 Å². The summed E-state index contributed by atoms with van der Waals surface area (Å²) < 4.78 is 35.9. The smallest absolute Gasteiger partial charge is 0.383 e. The topological polar surface area (TPSA) is 63.8 Å². The Balaban J connectivity index is 2.60. The van der Waals surface area contributed by atoms with Gasteiger partial charge in [0.2, 0.25) is 0 Å². The van der Waals surface area contributed by atoms with Crippen LogP contribution in [0, 0.1) is 0 Å². The molecule has 0 aliphatic rings. The molecular formula is C11H17F3N4. The SMILES string of the molecule is CC(C)c1c(N)ncnc1NCCCC(F)(F)F. The van der Waals surface area contributed by atoms with Crippen molar-refractivity contribution in [3.63, 3.8) is 0 Å². The van der Waals surface area contributed by atoms with Gasteiger partial charge in [0.25, 0.3) is 0 Å². The first-order chi connectivity index (χ1) is 8.31. The van der Waals surface area contributed by atoms with Crippen LogP contribution in [-0.2, 0) is 0 Å². The Bertz CT molecular complexity index is 390. The highest BCUT2D eigenvalue weighted by molar-refractivity contribution is 5.56. The number of anilines is 2. The second kappa shape index (κ2) is 5.88. The Labute approximate surface area is 104 Å². The number of halogens is 3. The van der Waals surface area contributed by atoms with Crippen LogP contribution >= 0.6 is 0 Å². The molecule has 1 aromatic rings. The summed E-state index contributed by atoms with van der Waals surface area (Å²) in [6, 6.07) is 0. The van der Waals surface area contributed by atoms with Crippen molar-refractivity contribution >= 4 is 11.6 Å². The molecule has 0 aliphatic heterocycles. The maximum atomic E-state index is 12.0. The van der Waals surface area contributed by atoms with Gasteiger partial charge in [0.15, 0.2) is 0 Å². The van der Waals surface area contributed by atoms with Gasteiger partial charge in [0.05, 0.1) is 0 Å². The molecule has 0 radical (unpaired) electrons. The Morgan fingerprint density at radius 2 is 2.00 bits per heavy atom. The molecule has 0 aromatic carbocycles. The molecular weight excluding hydrogens is 245 g/mol. The number of aromatic nitrogens is 2. The zero-order valence-corrected chi connectivity index (χ0v) is 10.4. The van der Waals surface area contributed by atoms with Crippen LogP contribution in [0.25, 0.3) is 0 Å². The lowest BCUT2D eigenvalue weighted by molar-refractivity contribution is -0.134. The van der Waals surface area contributed by atoms with E-state index in [0.717, 1.165) is 5.56 Å². The van der Waals surface area contributed by atoms with Crippen molar-refractivity contribution in [3.8, 4) is 0 Å². The zero-order chi connectivity index (χ0) is 13.8. The Morgan fingerprint density at radius 1 is 1.33 bits per heavy atom. The summed E-state index contributed by atoms with van der Waals surface area (Å²) >= 11 is 0. The Morgan fingerprint density at radius 3 is 2.56 bits per heavy atom. The average Bonchev–Trinajstić information content (AvgIpc) is 2.22. The van der Waals surface area contributed by atoms with Crippen LogP contribution in [0.3, 0.4) is 0 Å². The maximum absolute atomic E-state index is 12.0. The molecule has 0 spiro atoms. The number of hydrogen-bond donors (Lipinski definition) is 2. The van der Waals surface area contributed by atoms with Gasteiger partial charge in [-0.2, -0.15) is 13.2 Å². The highest BCUT2D eigenvalue weighted by Gasteiger charge is 2.26. The molecule has 0 bridgehead atoms. The molecule has 1 heterocycles. The summed E-state index contributed by atoms with van der Waals surface area (Å²) in [6.07, 6.45) is -3.62. The monoisotopic (exact) mass is 262 g/mol. The fraction of sp³-hybridized carbons (Fsp3) is 0.636. The van der Waals surface area contributed by atoms with Gasteiger partial charge in [-0.15, -0.1) is 0 Å². The normalized spacial score (nSPS) is 11.9. The molecule has 0 atom stereocenters. The van der Waals surface area contributed by atoms with Crippen LogP contribution in [0.2, 0.25) is 0 Å². The van der Waals surface area contributed by atoms with Crippen molar-refractivity contribution in [1.29, 1.82) is 0 Å². The Kier molecular flexibility index (Phi) is 4.75. The van der Waals surface area contributed by atoms with E-state index < -0.39 is 12.6 Å². The van der Waals surface area contributed by atoms with E-state index in [9.17, 15) is 13.2 Å². The molecule has 0 saturated heterocycles. The van der Waals surface area contributed by atoms with E-state index in [2.05, 4.69) is 15.3 Å². The third-order valence-corrected chi connectivity index (χ3v) is 2.42. The van der Waals surface area contributed by atoms with Gasteiger partial charge in [0, 0.05) is 18.5 Å². The average molecular weight is 262 g/mol. The quantitative estimate of drug-likeness (QED) is 0.801. The van der Waals surface area contributed by atoms with Crippen LogP contribution < -0.4 is 11.1 Å². The van der Waals surface area contributed by atoms with Gasteiger partial charge in [-0.25, -0.2) is 9.97 Å². The lowest BCUT2D eigenvalue weighted by Gasteiger charge is -2.15. The molecule has 0 fully saturated rings. The van der Waals surface area contributed by atoms with E-state index in [1.807, 2.05) is 13.8 Å². The van der Waals surface area contributed by atoms with Gasteiger partial charge in [-0.3, -0.25) is 0 Å². The minimum Gasteiger partial charge on any atom is -0.383 e. The highest BCUT2D eigenvalue weighted by Crippen LogP contribution is 2.26. The molecule has 1 rings (SSSR count). The molecule has 4 nitrogen and oxygen atoms in total. The summed E-state index contributed by atoms with van der Waals surface area (Å²) in [7, 11) is 0. The molecule has 0 aliphatic carbocycles. The van der Waals surface area contributed by atoms with Crippen LogP contribution in [0.4, 0.5) is 24.8 Å². The zero-order valence-electron chi connectivity index (χ0n) is 10.4. The summed E-state index contributed by atoms with van der Waals surface area (Å²) in [4.78, 5) is 7.89. The molecule has 1 aromatic heterocycles. The molecule has 7 heteroatoms. The number of hydrogen-bond acceptors (Lipinski definition) is 4. The molecule has 3 N–H and O–H groups in total. The standard InChI is InChI=1S/C11H17F3N4/c1-7(2)8-9(15)17-6-18-10(8)16-5-3-4-11(12,13)14/h6-7H,3-5H2,1-2H3,(H3,15,16,17,18). The number of rotatable bonds is 5. The molecule has 0 amide bonds. The minimum absolute atomic E-state index is 0.00490. The second-order valence-corrected chi connectivity index (χ2v) is 4.32. The molecule has 0 unspecified atom stereocenters. The van der Waals surface area contributed by atoms with Crippen molar-refractivity contribution in [3.05, 3.63) is 11.9 Å². The van der Waals surface area contributed by atoms with Gasteiger partial charge in [-0.1, -0.05) is 13.8 Å². The third-order valence-electron chi connectivity index (χ3n) is 2.42. The van der Waals surface area contributed by atoms with Crippen molar-refractivity contribution in [2.45, 2.75) is 38.8 Å². The van der Waals surface area contributed by atoms with Crippen molar-refractivity contribution < 1.29 is 13.2 Å². The van der Waals surface area contributed by atoms with Crippen LogP contribution in [0.1, 0.15) is 38.2 Å². The molecule has 102 valence electrons. The maximum Gasteiger partial charge on any atom is 0.389 e. The van der Waals surface area contributed by atoms with E-state index in [1.54, 1.807) is 0 Å². The van der Waals surface area contributed by atoms with Gasteiger partial charge < -0.3 is 11.1 Å². The van der Waals surface area contributed by atoms with E-state index in [-0.39, 0.29) is 18.9 Å². The van der Waals surface area contributed by atoms with E-state index >= 15 is 0 Å². The van der Waals surface area contributed by atoms with Gasteiger partial charge in [0.1, 0.15) is 18.0 Å². The first-order valence-electron chi connectivity index (χ1n) is 5.72. The van der Waals surface area contributed by atoms with Crippen LogP contribution in [-0.4, -0.2) is 22.7 Å². The lowest BCUT2D eigenvalue weighted by Crippen LogP contribution is -2.13. The Hall–Kier alpha value is -1.53. The van der Waals surface area contributed by atoms with Crippen molar-refractivity contribution in [2.24, 2.45) is 0 Å². The summed E-state index contributed by atoms with van der Waals surface area (Å²) in [5.41, 5.74) is 6.46. The van der Waals surface area contributed by atoms with E-state index in [4.69, 9.17) is 5.73 Å². The van der Waals surface area contributed by atoms with Gasteiger partial charge in [-0.05, 0) is 12.3 Å². The third kappa shape index (κ3) is 4.38. The number of nitrogens with zero attached hydrogens (tertiary/aromatic N) is 2. The first-order valence-corrected chi connectivity index (χ1v) is 5.72. The molecule has 0 saturated carbocycles. The van der Waals surface area contributed by atoms with Crippen molar-refractivity contribution in [2.75, 3.05) is 17.6 Å². The molecule has 18 heavy (non-hydrogen) atoms. The number of alkyl halides is 3. The summed E-state index contributed by atoms with van der Waals surface area (Å²) in [5.74, 6) is 0.981. The predicted molar refractivity (Wildman–Crippen MR) is 64.3 cm³/mol. The summed E-state index contributed by atoms with van der Waals surface area (Å²) in [6.45, 7) is 4.06.